The highest BCUT2D eigenvalue weighted by atomic mass is 35.5. The van der Waals surface area contributed by atoms with Gasteiger partial charge in [0.2, 0.25) is 0 Å². The molecule has 0 saturated carbocycles. The number of ether oxygens (including phenoxy) is 1. The van der Waals surface area contributed by atoms with Crippen molar-refractivity contribution in [3.8, 4) is 17.0 Å². The quantitative estimate of drug-likeness (QED) is 0.288. The van der Waals surface area contributed by atoms with E-state index in [1.807, 2.05) is 11.8 Å². The van der Waals surface area contributed by atoms with Gasteiger partial charge in [-0.25, -0.2) is 13.8 Å². The van der Waals surface area contributed by atoms with E-state index in [4.69, 9.17) is 33.0 Å². The number of nitrogens with one attached hydrogen (secondary N) is 2. The molecule has 0 bridgehead atoms. The van der Waals surface area contributed by atoms with Gasteiger partial charge in [0.15, 0.2) is 23.2 Å². The Hall–Kier alpha value is -3.05. The number of fused-ring (bicyclic) bond motifs is 1. The van der Waals surface area contributed by atoms with Crippen LogP contribution in [0.3, 0.4) is 0 Å². The van der Waals surface area contributed by atoms with Gasteiger partial charge < -0.3 is 20.1 Å². The van der Waals surface area contributed by atoms with E-state index in [-0.39, 0.29) is 23.7 Å². The van der Waals surface area contributed by atoms with Crippen LogP contribution in [-0.2, 0) is 0 Å². The van der Waals surface area contributed by atoms with Gasteiger partial charge in [-0.3, -0.25) is 10.1 Å². The number of H-pyrrole nitrogens is 1. The van der Waals surface area contributed by atoms with Crippen LogP contribution >= 0.6 is 23.2 Å². The molecular weight excluding hydrogens is 525 g/mol. The molecule has 5 rings (SSSR count). The number of halogens is 4. The molecule has 0 unspecified atom stereocenters. The number of aromatic amines is 1. The van der Waals surface area contributed by atoms with Gasteiger partial charge in [0.1, 0.15) is 11.8 Å². The van der Waals surface area contributed by atoms with E-state index in [0.29, 0.717) is 57.4 Å². The van der Waals surface area contributed by atoms with Gasteiger partial charge >= 0.3 is 0 Å². The Bertz CT molecular complexity index is 1440. The predicted octanol–water partition coefficient (Wildman–Crippen LogP) is 4.91. The van der Waals surface area contributed by atoms with Gasteiger partial charge in [0.25, 0.3) is 0 Å². The summed E-state index contributed by atoms with van der Waals surface area (Å²) < 4.78 is 35.8. The number of rotatable bonds is 8. The van der Waals surface area contributed by atoms with Gasteiger partial charge in [-0.05, 0) is 26.0 Å². The van der Waals surface area contributed by atoms with Crippen molar-refractivity contribution in [2.24, 2.45) is 0 Å². The van der Waals surface area contributed by atoms with Gasteiger partial charge in [0, 0.05) is 60.8 Å². The summed E-state index contributed by atoms with van der Waals surface area (Å²) >= 11 is 12.4. The van der Waals surface area contributed by atoms with Crippen LogP contribution in [0.25, 0.3) is 22.2 Å². The maximum atomic E-state index is 15.1. The summed E-state index contributed by atoms with van der Waals surface area (Å²) in [6.07, 6.45) is 3.74. The normalized spacial score (nSPS) is 15.6. The molecule has 0 spiro atoms. The molecule has 1 aliphatic heterocycles. The molecule has 3 aromatic heterocycles. The molecule has 1 aliphatic rings. The topological polar surface area (TPSA) is 99.2 Å². The highest BCUT2D eigenvalue weighted by Gasteiger charge is 2.39. The average Bonchev–Trinajstić information content (AvgIpc) is 3.23. The molecule has 1 saturated heterocycles. The van der Waals surface area contributed by atoms with Crippen LogP contribution in [0, 0.1) is 11.6 Å². The number of aromatic nitrogens is 4. The maximum absolute atomic E-state index is 15.1. The largest absolute Gasteiger partial charge is 0.483 e. The Morgan fingerprint density at radius 1 is 1.16 bits per heavy atom. The number of β-amino-alcohol motifs (C(OH)–C–C–N with tert-alkyl or cyclic N) is 1. The summed E-state index contributed by atoms with van der Waals surface area (Å²) in [7, 11) is 0. The van der Waals surface area contributed by atoms with E-state index < -0.39 is 17.7 Å². The van der Waals surface area contributed by atoms with Crippen LogP contribution in [0.15, 0.2) is 36.8 Å². The second kappa shape index (κ2) is 10.0. The van der Waals surface area contributed by atoms with Crippen molar-refractivity contribution in [3.05, 3.63) is 64.0 Å². The number of pyridine rings is 2. The van der Waals surface area contributed by atoms with Crippen LogP contribution in [0.4, 0.5) is 14.6 Å². The summed E-state index contributed by atoms with van der Waals surface area (Å²) in [5.74, 6) is -0.896. The van der Waals surface area contributed by atoms with E-state index in [1.54, 1.807) is 6.92 Å². The van der Waals surface area contributed by atoms with E-state index in [2.05, 4.69) is 25.5 Å². The Morgan fingerprint density at radius 3 is 2.57 bits per heavy atom. The SMILES string of the molecule is C[C@@H](Oc1cc2c(-c3cnc(N4CC(C)(NCCO)C4)c(F)c3)n[nH]c2cc1F)c1c(Cl)cncc1Cl. The molecule has 3 N–H and O–H groups in total. The third-order valence-electron chi connectivity index (χ3n) is 6.35. The van der Waals surface area contributed by atoms with Gasteiger partial charge in [-0.1, -0.05) is 23.2 Å². The molecule has 0 amide bonds. The van der Waals surface area contributed by atoms with Crippen molar-refractivity contribution in [2.75, 3.05) is 31.1 Å². The van der Waals surface area contributed by atoms with Crippen molar-refractivity contribution in [1.29, 1.82) is 0 Å². The van der Waals surface area contributed by atoms with Crippen molar-refractivity contribution >= 4 is 39.9 Å². The fraction of sp³-hybridized carbons (Fsp3) is 0.320. The minimum Gasteiger partial charge on any atom is -0.483 e. The number of anilines is 1. The second-order valence-corrected chi connectivity index (χ2v) is 10.1. The molecule has 4 aromatic rings. The average molecular weight is 549 g/mol. The van der Waals surface area contributed by atoms with Crippen LogP contribution in [0.1, 0.15) is 25.5 Å². The number of aliphatic hydroxyl groups excluding tert-OH is 1. The van der Waals surface area contributed by atoms with E-state index in [9.17, 15) is 4.39 Å². The number of aliphatic hydroxyl groups is 1. The highest BCUT2D eigenvalue weighted by molar-refractivity contribution is 6.35. The van der Waals surface area contributed by atoms with Gasteiger partial charge in [-0.15, -0.1) is 0 Å². The Morgan fingerprint density at radius 2 is 1.89 bits per heavy atom. The lowest BCUT2D eigenvalue weighted by molar-refractivity contribution is 0.217. The van der Waals surface area contributed by atoms with Crippen molar-refractivity contribution in [1.82, 2.24) is 25.5 Å². The van der Waals surface area contributed by atoms with Crippen molar-refractivity contribution in [3.63, 3.8) is 0 Å². The molecule has 1 aromatic carbocycles. The number of benzene rings is 1. The predicted molar refractivity (Wildman–Crippen MR) is 138 cm³/mol. The molecular formula is C25H24Cl2F2N6O2. The minimum atomic E-state index is -0.669. The first-order valence-electron chi connectivity index (χ1n) is 11.6. The molecule has 1 atom stereocenters. The van der Waals surface area contributed by atoms with E-state index in [0.717, 1.165) is 0 Å². The molecule has 0 aliphatic carbocycles. The van der Waals surface area contributed by atoms with Gasteiger partial charge in [0.05, 0.1) is 27.7 Å². The molecule has 37 heavy (non-hydrogen) atoms. The molecule has 12 heteroatoms. The van der Waals surface area contributed by atoms with Crippen LogP contribution in [-0.4, -0.2) is 57.1 Å². The lowest BCUT2D eigenvalue weighted by Gasteiger charge is -2.49. The van der Waals surface area contributed by atoms with Crippen molar-refractivity contribution < 1.29 is 18.6 Å². The zero-order valence-electron chi connectivity index (χ0n) is 20.0. The Labute approximate surface area is 221 Å². The lowest BCUT2D eigenvalue weighted by atomic mass is 9.92. The summed E-state index contributed by atoms with van der Waals surface area (Å²) in [5.41, 5.74) is 1.53. The zero-order chi connectivity index (χ0) is 26.3. The Kier molecular flexibility index (Phi) is 6.93. The lowest BCUT2D eigenvalue weighted by Crippen LogP contribution is -2.68. The first-order chi connectivity index (χ1) is 17.7. The molecule has 1 fully saturated rings. The fourth-order valence-corrected chi connectivity index (χ4v) is 5.27. The molecule has 4 heterocycles. The summed E-state index contributed by atoms with van der Waals surface area (Å²) in [6, 6.07) is 4.13. The Balaban J connectivity index is 1.41. The monoisotopic (exact) mass is 548 g/mol. The van der Waals surface area contributed by atoms with E-state index >= 15 is 4.39 Å². The number of nitrogens with zero attached hydrogens (tertiary/aromatic N) is 4. The zero-order valence-corrected chi connectivity index (χ0v) is 21.5. The van der Waals surface area contributed by atoms with Crippen LogP contribution in [0.2, 0.25) is 10.0 Å². The molecule has 8 nitrogen and oxygen atoms in total. The highest BCUT2D eigenvalue weighted by Crippen LogP contribution is 2.37. The third-order valence-corrected chi connectivity index (χ3v) is 6.96. The van der Waals surface area contributed by atoms with Gasteiger partial charge in [-0.2, -0.15) is 5.10 Å². The summed E-state index contributed by atoms with van der Waals surface area (Å²) in [4.78, 5) is 10.1. The van der Waals surface area contributed by atoms with E-state index in [1.165, 1.54) is 36.8 Å². The fourth-order valence-electron chi connectivity index (χ4n) is 4.60. The summed E-state index contributed by atoms with van der Waals surface area (Å²) in [5, 5.41) is 20.5. The van der Waals surface area contributed by atoms with Crippen LogP contribution < -0.4 is 15.0 Å². The first-order valence-corrected chi connectivity index (χ1v) is 12.3. The first kappa shape index (κ1) is 25.6. The molecule has 0 radical (unpaired) electrons. The minimum absolute atomic E-state index is 0.0353. The number of hydrogen-bond donors (Lipinski definition) is 3. The van der Waals surface area contributed by atoms with Crippen LogP contribution in [0.5, 0.6) is 5.75 Å². The smallest absolute Gasteiger partial charge is 0.167 e. The standard InChI is InChI=1S/C25H24Cl2F2N6O2/c1-13(22-16(26)9-30-10-17(22)27)37-21-6-15-20(7-18(21)28)33-34-23(15)14-5-19(29)24(31-8-14)35-11-25(2,12-35)32-3-4-36/h5-10,13,32,36H,3-4,11-12H2,1-2H3,(H,33,34)/t13-/m1/s1. The van der Waals surface area contributed by atoms with Crippen molar-refractivity contribution in [2.45, 2.75) is 25.5 Å². The summed E-state index contributed by atoms with van der Waals surface area (Å²) in [6.45, 7) is 5.34. The molecule has 194 valence electrons. The maximum Gasteiger partial charge on any atom is 0.167 e. The number of hydrogen-bond acceptors (Lipinski definition) is 7. The third kappa shape index (κ3) is 4.94. The second-order valence-electron chi connectivity index (χ2n) is 9.27.